The van der Waals surface area contributed by atoms with Crippen LogP contribution in [0.2, 0.25) is 0 Å². The number of para-hydroxylation sites is 1. The largest absolute Gasteiger partial charge is 0.490 e. The highest BCUT2D eigenvalue weighted by atomic mass is 16.5. The van der Waals surface area contributed by atoms with Crippen LogP contribution >= 0.6 is 0 Å². The quantitative estimate of drug-likeness (QED) is 0.472. The molecule has 2 heterocycles. The summed E-state index contributed by atoms with van der Waals surface area (Å²) in [7, 11) is 0. The molecule has 2 aromatic carbocycles. The second-order valence-corrected chi connectivity index (χ2v) is 7.69. The highest BCUT2D eigenvalue weighted by molar-refractivity contribution is 6.07. The molecule has 146 valence electrons. The van der Waals surface area contributed by atoms with Gasteiger partial charge in [0.2, 0.25) is 0 Å². The third-order valence-electron chi connectivity index (χ3n) is 5.78. The number of carbonyl (C=O) groups is 1. The molecule has 2 aromatic heterocycles. The Morgan fingerprint density at radius 3 is 2.66 bits per heavy atom. The number of rotatable bonds is 4. The van der Waals surface area contributed by atoms with E-state index in [1.807, 2.05) is 50.2 Å². The van der Waals surface area contributed by atoms with Gasteiger partial charge in [-0.3, -0.25) is 0 Å². The number of aryl methyl sites for hydroxylation is 2. The van der Waals surface area contributed by atoms with Gasteiger partial charge in [0.1, 0.15) is 17.0 Å². The van der Waals surface area contributed by atoms with Crippen molar-refractivity contribution < 1.29 is 19.1 Å². The Morgan fingerprint density at radius 2 is 1.97 bits per heavy atom. The molecule has 0 aliphatic heterocycles. The van der Waals surface area contributed by atoms with Crippen LogP contribution in [0, 0.1) is 13.8 Å². The first-order chi connectivity index (χ1) is 14.0. The van der Waals surface area contributed by atoms with Crippen molar-refractivity contribution >= 4 is 27.8 Å². The van der Waals surface area contributed by atoms with Crippen molar-refractivity contribution in [3.05, 3.63) is 59.2 Å². The molecule has 4 aromatic rings. The first-order valence-corrected chi connectivity index (χ1v) is 9.85. The van der Waals surface area contributed by atoms with Crippen LogP contribution < -0.4 is 4.74 Å². The summed E-state index contributed by atoms with van der Waals surface area (Å²) in [5.74, 6) is 0.185. The molecule has 1 fully saturated rings. The molecular formula is C24H21NO4. The predicted molar refractivity (Wildman–Crippen MR) is 112 cm³/mol. The molecule has 0 amide bonds. The lowest BCUT2D eigenvalue weighted by Gasteiger charge is -2.27. The Labute approximate surface area is 167 Å². The molecule has 1 saturated carbocycles. The van der Waals surface area contributed by atoms with E-state index < -0.39 is 5.97 Å². The van der Waals surface area contributed by atoms with E-state index in [-0.39, 0.29) is 11.7 Å². The Balaban J connectivity index is 1.76. The summed E-state index contributed by atoms with van der Waals surface area (Å²) in [4.78, 5) is 17.0. The van der Waals surface area contributed by atoms with Gasteiger partial charge in [-0.15, -0.1) is 0 Å². The van der Waals surface area contributed by atoms with E-state index in [2.05, 4.69) is 0 Å². The van der Waals surface area contributed by atoms with Crippen molar-refractivity contribution in [1.29, 1.82) is 0 Å². The molecule has 1 aliphatic rings. The molecule has 0 saturated heterocycles. The number of nitrogens with zero attached hydrogens (tertiary/aromatic N) is 1. The monoisotopic (exact) mass is 387 g/mol. The summed E-state index contributed by atoms with van der Waals surface area (Å²) >= 11 is 0. The van der Waals surface area contributed by atoms with Crippen molar-refractivity contribution in [3.8, 4) is 17.2 Å². The second kappa shape index (κ2) is 6.62. The fourth-order valence-corrected chi connectivity index (χ4v) is 3.91. The predicted octanol–water partition coefficient (Wildman–Crippen LogP) is 5.89. The number of ether oxygens (including phenoxy) is 1. The molecule has 0 atom stereocenters. The van der Waals surface area contributed by atoms with Gasteiger partial charge in [0.25, 0.3) is 0 Å². The zero-order valence-corrected chi connectivity index (χ0v) is 16.4. The van der Waals surface area contributed by atoms with E-state index in [0.717, 1.165) is 41.4 Å². The zero-order valence-electron chi connectivity index (χ0n) is 16.4. The van der Waals surface area contributed by atoms with E-state index in [1.54, 1.807) is 6.07 Å². The fourth-order valence-electron chi connectivity index (χ4n) is 3.91. The molecule has 5 heteroatoms. The molecular weight excluding hydrogens is 366 g/mol. The molecule has 0 bridgehead atoms. The smallest absolute Gasteiger partial charge is 0.336 e. The molecule has 1 N–H and O–H groups in total. The topological polar surface area (TPSA) is 72.6 Å². The minimum absolute atomic E-state index is 0.153. The zero-order chi connectivity index (χ0) is 20.1. The number of fused-ring (bicyclic) bond motifs is 2. The molecule has 0 radical (unpaired) electrons. The van der Waals surface area contributed by atoms with Crippen LogP contribution in [0.4, 0.5) is 0 Å². The number of benzene rings is 2. The van der Waals surface area contributed by atoms with Crippen LogP contribution in [0.25, 0.3) is 33.3 Å². The lowest BCUT2D eigenvalue weighted by atomic mass is 9.95. The summed E-state index contributed by atoms with van der Waals surface area (Å²) in [5.41, 5.74) is 3.95. The van der Waals surface area contributed by atoms with E-state index in [4.69, 9.17) is 14.1 Å². The lowest BCUT2D eigenvalue weighted by molar-refractivity contribution is 0.0698. The highest BCUT2D eigenvalue weighted by Gasteiger charge is 2.24. The van der Waals surface area contributed by atoms with Gasteiger partial charge < -0.3 is 14.3 Å². The van der Waals surface area contributed by atoms with Gasteiger partial charge >= 0.3 is 5.97 Å². The standard InChI is InChI=1S/C24H21NO4/c1-13-10-11-20(28-15-6-5-7-15)21-17(24(26)27)12-18(25-22(13)21)23-14(2)16-8-3-4-9-19(16)29-23/h3-4,8-12,15H,5-7H2,1-2H3,(H,26,27). The van der Waals surface area contributed by atoms with E-state index >= 15 is 0 Å². The number of carboxylic acid groups (broad SMARTS) is 1. The maximum Gasteiger partial charge on any atom is 0.336 e. The van der Waals surface area contributed by atoms with E-state index in [1.165, 1.54) is 0 Å². The van der Waals surface area contributed by atoms with Crippen LogP contribution in [-0.2, 0) is 0 Å². The Bertz CT molecular complexity index is 1270. The summed E-state index contributed by atoms with van der Waals surface area (Å²) in [6, 6.07) is 13.2. The molecule has 0 unspecified atom stereocenters. The highest BCUT2D eigenvalue weighted by Crippen LogP contribution is 2.38. The summed E-state index contributed by atoms with van der Waals surface area (Å²) in [5, 5.41) is 11.5. The molecule has 1 aliphatic carbocycles. The third-order valence-corrected chi connectivity index (χ3v) is 5.78. The summed E-state index contributed by atoms with van der Waals surface area (Å²) in [6.07, 6.45) is 3.30. The van der Waals surface area contributed by atoms with Gasteiger partial charge in [0, 0.05) is 10.9 Å². The van der Waals surface area contributed by atoms with Gasteiger partial charge in [0.15, 0.2) is 5.76 Å². The van der Waals surface area contributed by atoms with Crippen LogP contribution in [-0.4, -0.2) is 22.2 Å². The van der Waals surface area contributed by atoms with Crippen molar-refractivity contribution in [2.75, 3.05) is 0 Å². The van der Waals surface area contributed by atoms with Crippen LogP contribution in [0.1, 0.15) is 40.7 Å². The van der Waals surface area contributed by atoms with E-state index in [0.29, 0.717) is 28.1 Å². The number of hydrogen-bond donors (Lipinski definition) is 1. The average Bonchev–Trinajstić information content (AvgIpc) is 3.02. The summed E-state index contributed by atoms with van der Waals surface area (Å²) in [6.45, 7) is 3.90. The molecule has 0 spiro atoms. The Hall–Kier alpha value is -3.34. The van der Waals surface area contributed by atoms with Crippen LogP contribution in [0.15, 0.2) is 46.9 Å². The number of aromatic carboxylic acids is 1. The average molecular weight is 387 g/mol. The normalized spacial score (nSPS) is 14.3. The number of carboxylic acids is 1. The first-order valence-electron chi connectivity index (χ1n) is 9.85. The Kier molecular flexibility index (Phi) is 4.05. The van der Waals surface area contributed by atoms with Crippen molar-refractivity contribution in [2.24, 2.45) is 0 Å². The SMILES string of the molecule is Cc1c(-c2cc(C(=O)O)c3c(OC4CCC4)ccc(C)c3n2)oc2ccccc12. The maximum absolute atomic E-state index is 12.2. The number of aromatic nitrogens is 1. The molecule has 5 nitrogen and oxygen atoms in total. The van der Waals surface area contributed by atoms with Gasteiger partial charge in [0.05, 0.1) is 22.6 Å². The van der Waals surface area contributed by atoms with Crippen molar-refractivity contribution in [3.63, 3.8) is 0 Å². The number of furan rings is 1. The van der Waals surface area contributed by atoms with Gasteiger partial charge in [-0.05, 0) is 56.9 Å². The van der Waals surface area contributed by atoms with Crippen LogP contribution in [0.5, 0.6) is 5.75 Å². The van der Waals surface area contributed by atoms with E-state index in [9.17, 15) is 9.90 Å². The Morgan fingerprint density at radius 1 is 1.17 bits per heavy atom. The second-order valence-electron chi connectivity index (χ2n) is 7.69. The van der Waals surface area contributed by atoms with Crippen molar-refractivity contribution in [1.82, 2.24) is 4.98 Å². The maximum atomic E-state index is 12.2. The number of pyridine rings is 1. The molecule has 5 rings (SSSR count). The van der Waals surface area contributed by atoms with Gasteiger partial charge in [-0.1, -0.05) is 24.3 Å². The molecule has 29 heavy (non-hydrogen) atoms. The first kappa shape index (κ1) is 17.7. The number of hydrogen-bond acceptors (Lipinski definition) is 4. The van der Waals surface area contributed by atoms with Gasteiger partial charge in [-0.2, -0.15) is 0 Å². The van der Waals surface area contributed by atoms with Gasteiger partial charge in [-0.25, -0.2) is 9.78 Å². The summed E-state index contributed by atoms with van der Waals surface area (Å²) < 4.78 is 12.1. The minimum atomic E-state index is -1.00. The minimum Gasteiger partial charge on any atom is -0.490 e. The third kappa shape index (κ3) is 2.85. The van der Waals surface area contributed by atoms with Crippen LogP contribution in [0.3, 0.4) is 0 Å². The lowest BCUT2D eigenvalue weighted by Crippen LogP contribution is -2.24. The van der Waals surface area contributed by atoms with Crippen molar-refractivity contribution in [2.45, 2.75) is 39.2 Å². The fraction of sp³-hybridized carbons (Fsp3) is 0.250.